The van der Waals surface area contributed by atoms with Crippen molar-refractivity contribution in [2.75, 3.05) is 24.6 Å². The number of ether oxygens (including phenoxy) is 1. The number of hydrogen-bond acceptors (Lipinski definition) is 5. The Morgan fingerprint density at radius 2 is 2.35 bits per heavy atom. The van der Waals surface area contributed by atoms with E-state index >= 15 is 0 Å². The van der Waals surface area contributed by atoms with Crippen molar-refractivity contribution in [1.29, 1.82) is 0 Å². The van der Waals surface area contributed by atoms with Crippen molar-refractivity contribution in [3.63, 3.8) is 0 Å². The Hall–Kier alpha value is -2.08. The highest BCUT2D eigenvalue weighted by Gasteiger charge is 2.20. The van der Waals surface area contributed by atoms with Gasteiger partial charge in [0, 0.05) is 19.7 Å². The summed E-state index contributed by atoms with van der Waals surface area (Å²) in [6.07, 6.45) is 1.05. The second-order valence-electron chi connectivity index (χ2n) is 4.97. The zero-order chi connectivity index (χ0) is 14.1. The highest BCUT2D eigenvalue weighted by Crippen LogP contribution is 2.24. The van der Waals surface area contributed by atoms with E-state index in [-0.39, 0.29) is 11.7 Å². The third kappa shape index (κ3) is 2.46. The quantitative estimate of drug-likeness (QED) is 0.905. The summed E-state index contributed by atoms with van der Waals surface area (Å²) in [7, 11) is 0. The van der Waals surface area contributed by atoms with Gasteiger partial charge in [0.2, 0.25) is 0 Å². The number of anilines is 1. The monoisotopic (exact) mass is 276 g/mol. The van der Waals surface area contributed by atoms with Gasteiger partial charge in [-0.2, -0.15) is 4.98 Å². The number of aromatic carboxylic acids is 1. The summed E-state index contributed by atoms with van der Waals surface area (Å²) < 4.78 is 11.3. The Morgan fingerprint density at radius 1 is 1.50 bits per heavy atom. The van der Waals surface area contributed by atoms with Crippen LogP contribution in [-0.4, -0.2) is 41.9 Å². The molecule has 1 N–H and O–H groups in total. The first kappa shape index (κ1) is 12.9. The van der Waals surface area contributed by atoms with E-state index in [1.54, 1.807) is 6.07 Å². The van der Waals surface area contributed by atoms with Gasteiger partial charge in [0.25, 0.3) is 6.01 Å². The fourth-order valence-electron chi connectivity index (χ4n) is 2.35. The number of carbonyl (C=O) groups is 1. The number of carboxylic acids is 1. The van der Waals surface area contributed by atoms with Gasteiger partial charge in [-0.1, -0.05) is 0 Å². The first-order valence-corrected chi connectivity index (χ1v) is 6.64. The van der Waals surface area contributed by atoms with E-state index in [1.807, 2.05) is 11.8 Å². The van der Waals surface area contributed by atoms with E-state index < -0.39 is 5.97 Å². The Morgan fingerprint density at radius 3 is 3.15 bits per heavy atom. The number of benzene rings is 1. The molecular weight excluding hydrogens is 260 g/mol. The van der Waals surface area contributed by atoms with Gasteiger partial charge in [-0.05, 0) is 31.5 Å². The molecule has 6 nitrogen and oxygen atoms in total. The fourth-order valence-corrected chi connectivity index (χ4v) is 2.35. The predicted molar refractivity (Wildman–Crippen MR) is 73.2 cm³/mol. The zero-order valence-corrected chi connectivity index (χ0v) is 11.2. The Bertz CT molecular complexity index is 637. The maximum atomic E-state index is 11.0. The van der Waals surface area contributed by atoms with Crippen LogP contribution in [0.4, 0.5) is 6.01 Å². The molecule has 0 radical (unpaired) electrons. The van der Waals surface area contributed by atoms with Crippen molar-refractivity contribution in [3.8, 4) is 0 Å². The number of aromatic nitrogens is 1. The molecule has 0 amide bonds. The molecule has 1 atom stereocenters. The molecule has 1 unspecified atom stereocenters. The van der Waals surface area contributed by atoms with Gasteiger partial charge in [-0.3, -0.25) is 0 Å². The molecule has 2 aromatic rings. The van der Waals surface area contributed by atoms with Crippen LogP contribution in [0.3, 0.4) is 0 Å². The lowest BCUT2D eigenvalue weighted by Crippen LogP contribution is -2.30. The lowest BCUT2D eigenvalue weighted by Gasteiger charge is -2.19. The van der Waals surface area contributed by atoms with Crippen molar-refractivity contribution < 1.29 is 19.1 Å². The van der Waals surface area contributed by atoms with Crippen molar-refractivity contribution in [2.45, 2.75) is 19.4 Å². The number of carboxylic acid groups (broad SMARTS) is 1. The number of fused-ring (bicyclic) bond motifs is 1. The molecule has 6 heteroatoms. The molecule has 0 aliphatic carbocycles. The molecule has 1 aliphatic rings. The Kier molecular flexibility index (Phi) is 3.31. The molecule has 2 heterocycles. The van der Waals surface area contributed by atoms with Crippen LogP contribution >= 0.6 is 0 Å². The molecule has 1 aliphatic heterocycles. The van der Waals surface area contributed by atoms with Crippen molar-refractivity contribution in [1.82, 2.24) is 4.98 Å². The molecule has 0 bridgehead atoms. The highest BCUT2D eigenvalue weighted by molar-refractivity contribution is 5.92. The van der Waals surface area contributed by atoms with Crippen LogP contribution in [0.5, 0.6) is 0 Å². The van der Waals surface area contributed by atoms with E-state index in [2.05, 4.69) is 4.98 Å². The lowest BCUT2D eigenvalue weighted by molar-refractivity contribution is 0.0697. The van der Waals surface area contributed by atoms with Crippen LogP contribution in [0.25, 0.3) is 11.1 Å². The van der Waals surface area contributed by atoms with Crippen molar-refractivity contribution >= 4 is 23.1 Å². The third-order valence-electron chi connectivity index (χ3n) is 3.35. The van der Waals surface area contributed by atoms with Gasteiger partial charge < -0.3 is 19.2 Å². The van der Waals surface area contributed by atoms with Gasteiger partial charge in [0.1, 0.15) is 5.52 Å². The topological polar surface area (TPSA) is 75.8 Å². The van der Waals surface area contributed by atoms with Gasteiger partial charge in [0.15, 0.2) is 5.58 Å². The number of nitrogens with zero attached hydrogens (tertiary/aromatic N) is 2. The summed E-state index contributed by atoms with van der Waals surface area (Å²) >= 11 is 0. The van der Waals surface area contributed by atoms with Crippen molar-refractivity contribution in [3.05, 3.63) is 23.8 Å². The molecule has 1 aromatic heterocycles. The minimum absolute atomic E-state index is 0.127. The minimum Gasteiger partial charge on any atom is -0.478 e. The SMILES string of the molecule is CC1CN(c2nc3ccc(C(=O)O)cc3o2)CCCO1. The van der Waals surface area contributed by atoms with Crippen LogP contribution in [0.1, 0.15) is 23.7 Å². The van der Waals surface area contributed by atoms with Gasteiger partial charge in [0.05, 0.1) is 11.7 Å². The van der Waals surface area contributed by atoms with Crippen LogP contribution in [-0.2, 0) is 4.74 Å². The van der Waals surface area contributed by atoms with E-state index in [4.69, 9.17) is 14.3 Å². The summed E-state index contributed by atoms with van der Waals surface area (Å²) in [6.45, 7) is 4.30. The molecule has 3 rings (SSSR count). The van der Waals surface area contributed by atoms with Crippen LogP contribution in [0, 0.1) is 0 Å². The van der Waals surface area contributed by atoms with Crippen LogP contribution in [0.15, 0.2) is 22.6 Å². The number of oxazole rings is 1. The maximum absolute atomic E-state index is 11.0. The van der Waals surface area contributed by atoms with E-state index in [0.717, 1.165) is 26.1 Å². The summed E-state index contributed by atoms with van der Waals surface area (Å²) in [5.74, 6) is -0.971. The summed E-state index contributed by atoms with van der Waals surface area (Å²) in [5.41, 5.74) is 1.37. The predicted octanol–water partition coefficient (Wildman–Crippen LogP) is 2.14. The molecular formula is C14H16N2O4. The standard InChI is InChI=1S/C14H16N2O4/c1-9-8-16(5-2-6-19-9)14-15-11-4-3-10(13(17)18)7-12(11)20-14/h3-4,7,9H,2,5-6,8H2,1H3,(H,17,18). The van der Waals surface area contributed by atoms with E-state index in [1.165, 1.54) is 12.1 Å². The molecule has 20 heavy (non-hydrogen) atoms. The van der Waals surface area contributed by atoms with Gasteiger partial charge in [-0.25, -0.2) is 4.79 Å². The molecule has 1 fully saturated rings. The van der Waals surface area contributed by atoms with E-state index in [0.29, 0.717) is 17.1 Å². The fraction of sp³-hybridized carbons (Fsp3) is 0.429. The maximum Gasteiger partial charge on any atom is 0.335 e. The second-order valence-corrected chi connectivity index (χ2v) is 4.97. The molecule has 1 saturated heterocycles. The van der Waals surface area contributed by atoms with Gasteiger partial charge in [-0.15, -0.1) is 0 Å². The number of rotatable bonds is 2. The van der Waals surface area contributed by atoms with Crippen LogP contribution in [0.2, 0.25) is 0 Å². The first-order valence-electron chi connectivity index (χ1n) is 6.64. The number of hydrogen-bond donors (Lipinski definition) is 1. The van der Waals surface area contributed by atoms with Crippen LogP contribution < -0.4 is 4.90 Å². The zero-order valence-electron chi connectivity index (χ0n) is 11.2. The average Bonchev–Trinajstić information content (AvgIpc) is 2.73. The molecule has 0 spiro atoms. The summed E-state index contributed by atoms with van der Waals surface area (Å²) in [5, 5.41) is 8.98. The molecule has 1 aromatic carbocycles. The average molecular weight is 276 g/mol. The molecule has 0 saturated carbocycles. The first-order chi connectivity index (χ1) is 9.63. The summed E-state index contributed by atoms with van der Waals surface area (Å²) in [4.78, 5) is 17.4. The summed E-state index contributed by atoms with van der Waals surface area (Å²) in [6, 6.07) is 5.24. The second kappa shape index (κ2) is 5.13. The smallest absolute Gasteiger partial charge is 0.335 e. The molecule has 106 valence electrons. The largest absolute Gasteiger partial charge is 0.478 e. The highest BCUT2D eigenvalue weighted by atomic mass is 16.5. The minimum atomic E-state index is -0.971. The Balaban J connectivity index is 1.93. The third-order valence-corrected chi connectivity index (χ3v) is 3.35. The van der Waals surface area contributed by atoms with Crippen molar-refractivity contribution in [2.24, 2.45) is 0 Å². The lowest BCUT2D eigenvalue weighted by atomic mass is 10.2. The normalized spacial score (nSPS) is 20.1. The van der Waals surface area contributed by atoms with E-state index in [9.17, 15) is 4.79 Å². The van der Waals surface area contributed by atoms with Gasteiger partial charge >= 0.3 is 5.97 Å². The Labute approximate surface area is 116 Å².